The Kier molecular flexibility index (Phi) is 5.04. The van der Waals surface area contributed by atoms with E-state index in [0.717, 1.165) is 44.0 Å². The van der Waals surface area contributed by atoms with Crippen LogP contribution in [0.3, 0.4) is 0 Å². The molecule has 0 spiro atoms. The first-order chi connectivity index (χ1) is 14.3. The number of likely N-dealkylation sites (tertiary alicyclic amines) is 1. The molecule has 148 valence electrons. The van der Waals surface area contributed by atoms with E-state index in [0.29, 0.717) is 5.92 Å². The van der Waals surface area contributed by atoms with Gasteiger partial charge < -0.3 is 0 Å². The lowest BCUT2D eigenvalue weighted by atomic mass is 9.93. The summed E-state index contributed by atoms with van der Waals surface area (Å²) in [7, 11) is 0. The average molecular weight is 404 g/mol. The van der Waals surface area contributed by atoms with Gasteiger partial charge in [-0.1, -0.05) is 17.7 Å². The van der Waals surface area contributed by atoms with Crippen LogP contribution in [-0.4, -0.2) is 37.6 Å². The minimum atomic E-state index is 0.495. The summed E-state index contributed by atoms with van der Waals surface area (Å²) in [5, 5.41) is 13.9. The number of piperidine rings is 1. The van der Waals surface area contributed by atoms with Crippen molar-refractivity contribution in [3.8, 4) is 11.5 Å². The molecule has 1 fully saturated rings. The number of benzene rings is 1. The van der Waals surface area contributed by atoms with Gasteiger partial charge in [0.2, 0.25) is 0 Å². The molecule has 0 saturated carbocycles. The summed E-state index contributed by atoms with van der Waals surface area (Å²) in [6, 6.07) is 14.9. The fourth-order valence-electron chi connectivity index (χ4n) is 4.06. The second-order valence-corrected chi connectivity index (χ2v) is 8.59. The molecule has 1 saturated heterocycles. The van der Waals surface area contributed by atoms with Crippen molar-refractivity contribution in [1.82, 2.24) is 24.5 Å². The standard InChI is InChI=1S/C23H25N5S/c1-18-3-5-21(6-4-18)28-23(27-11-2-10-24-27)15-22(25-28)20-7-12-26(13-8-20)16-19-9-14-29-17-19/h2-6,9-11,14-15,17,20H,7-8,12-13,16H2,1H3. The lowest BCUT2D eigenvalue weighted by molar-refractivity contribution is 0.203. The third-order valence-electron chi connectivity index (χ3n) is 5.72. The number of aryl methyl sites for hydroxylation is 1. The summed E-state index contributed by atoms with van der Waals surface area (Å²) in [5.41, 5.74) is 4.92. The van der Waals surface area contributed by atoms with Gasteiger partial charge in [-0.15, -0.1) is 0 Å². The first-order valence-electron chi connectivity index (χ1n) is 10.2. The average Bonchev–Trinajstić information content (AvgIpc) is 3.51. The maximum absolute atomic E-state index is 5.03. The molecule has 1 aliphatic heterocycles. The molecular formula is C23H25N5S. The third kappa shape index (κ3) is 3.91. The molecule has 0 aliphatic carbocycles. The number of hydrogen-bond donors (Lipinski definition) is 0. The minimum Gasteiger partial charge on any atom is -0.299 e. The largest absolute Gasteiger partial charge is 0.299 e. The molecule has 29 heavy (non-hydrogen) atoms. The van der Waals surface area contributed by atoms with Gasteiger partial charge in [0.05, 0.1) is 11.4 Å². The Balaban J connectivity index is 1.38. The van der Waals surface area contributed by atoms with Crippen molar-refractivity contribution >= 4 is 11.3 Å². The van der Waals surface area contributed by atoms with Crippen molar-refractivity contribution in [2.75, 3.05) is 13.1 Å². The van der Waals surface area contributed by atoms with E-state index in [1.54, 1.807) is 11.3 Å². The maximum Gasteiger partial charge on any atom is 0.157 e. The van der Waals surface area contributed by atoms with Crippen LogP contribution in [0, 0.1) is 6.92 Å². The molecule has 5 rings (SSSR count). The number of thiophene rings is 1. The zero-order valence-corrected chi connectivity index (χ0v) is 17.4. The highest BCUT2D eigenvalue weighted by atomic mass is 32.1. The van der Waals surface area contributed by atoms with Crippen molar-refractivity contribution in [2.24, 2.45) is 0 Å². The van der Waals surface area contributed by atoms with Gasteiger partial charge in [-0.2, -0.15) is 21.5 Å². The molecule has 0 N–H and O–H groups in total. The van der Waals surface area contributed by atoms with Gasteiger partial charge in [0.15, 0.2) is 5.82 Å². The summed E-state index contributed by atoms with van der Waals surface area (Å²) < 4.78 is 3.93. The zero-order chi connectivity index (χ0) is 19.6. The van der Waals surface area contributed by atoms with Crippen molar-refractivity contribution in [2.45, 2.75) is 32.2 Å². The van der Waals surface area contributed by atoms with Crippen LogP contribution in [0.1, 0.15) is 35.6 Å². The van der Waals surface area contributed by atoms with Crippen LogP contribution in [0.2, 0.25) is 0 Å². The van der Waals surface area contributed by atoms with E-state index >= 15 is 0 Å². The molecule has 5 nitrogen and oxygen atoms in total. The molecule has 4 aromatic rings. The summed E-state index contributed by atoms with van der Waals surface area (Å²) in [5.74, 6) is 1.49. The van der Waals surface area contributed by atoms with Gasteiger partial charge in [-0.05, 0) is 73.4 Å². The highest BCUT2D eigenvalue weighted by molar-refractivity contribution is 7.07. The van der Waals surface area contributed by atoms with E-state index in [2.05, 4.69) is 64.1 Å². The monoisotopic (exact) mass is 403 g/mol. The Morgan fingerprint density at radius 3 is 2.62 bits per heavy atom. The van der Waals surface area contributed by atoms with Crippen molar-refractivity contribution < 1.29 is 0 Å². The van der Waals surface area contributed by atoms with E-state index in [4.69, 9.17) is 5.10 Å². The van der Waals surface area contributed by atoms with Crippen LogP contribution in [0.4, 0.5) is 0 Å². The molecule has 1 aliphatic rings. The van der Waals surface area contributed by atoms with Gasteiger partial charge in [0.1, 0.15) is 0 Å². The predicted octanol–water partition coefficient (Wildman–Crippen LogP) is 4.81. The van der Waals surface area contributed by atoms with Gasteiger partial charge in [0.25, 0.3) is 0 Å². The van der Waals surface area contributed by atoms with E-state index in [-0.39, 0.29) is 0 Å². The molecule has 0 radical (unpaired) electrons. The predicted molar refractivity (Wildman–Crippen MR) is 117 cm³/mol. The summed E-state index contributed by atoms with van der Waals surface area (Å²) in [6.07, 6.45) is 6.09. The number of hydrogen-bond acceptors (Lipinski definition) is 4. The van der Waals surface area contributed by atoms with Gasteiger partial charge >= 0.3 is 0 Å². The highest BCUT2D eigenvalue weighted by Gasteiger charge is 2.24. The number of rotatable bonds is 5. The van der Waals surface area contributed by atoms with Crippen molar-refractivity contribution in [1.29, 1.82) is 0 Å². The minimum absolute atomic E-state index is 0.495. The fourth-order valence-corrected chi connectivity index (χ4v) is 4.72. The van der Waals surface area contributed by atoms with Crippen LogP contribution in [0.5, 0.6) is 0 Å². The van der Waals surface area contributed by atoms with Crippen molar-refractivity contribution in [3.63, 3.8) is 0 Å². The SMILES string of the molecule is Cc1ccc(-n2nc(C3CCN(Cc4ccsc4)CC3)cc2-n2cccn2)cc1. The van der Waals surface area contributed by atoms with Crippen molar-refractivity contribution in [3.05, 3.63) is 82.4 Å². The molecule has 0 atom stereocenters. The van der Waals surface area contributed by atoms with E-state index in [1.807, 2.05) is 27.8 Å². The summed E-state index contributed by atoms with van der Waals surface area (Å²) in [4.78, 5) is 2.56. The topological polar surface area (TPSA) is 38.9 Å². The Morgan fingerprint density at radius 1 is 1.10 bits per heavy atom. The zero-order valence-electron chi connectivity index (χ0n) is 16.6. The second-order valence-electron chi connectivity index (χ2n) is 7.81. The lowest BCUT2D eigenvalue weighted by Gasteiger charge is -2.30. The quantitative estimate of drug-likeness (QED) is 0.480. The molecule has 1 aromatic carbocycles. The molecule has 0 unspecified atom stereocenters. The third-order valence-corrected chi connectivity index (χ3v) is 6.45. The molecule has 3 aromatic heterocycles. The molecule has 0 bridgehead atoms. The molecule has 0 amide bonds. The molecule has 4 heterocycles. The Morgan fingerprint density at radius 2 is 1.93 bits per heavy atom. The van der Waals surface area contributed by atoms with E-state index in [9.17, 15) is 0 Å². The first kappa shape index (κ1) is 18.3. The highest BCUT2D eigenvalue weighted by Crippen LogP contribution is 2.30. The fraction of sp³-hybridized carbons (Fsp3) is 0.304. The first-order valence-corrected chi connectivity index (χ1v) is 11.1. The van der Waals surface area contributed by atoms with Gasteiger partial charge in [0, 0.05) is 30.9 Å². The maximum atomic E-state index is 5.03. The molecule has 6 heteroatoms. The Bertz CT molecular complexity index is 1040. The van der Waals surface area contributed by atoms with Crippen LogP contribution in [-0.2, 0) is 6.54 Å². The van der Waals surface area contributed by atoms with Crippen LogP contribution in [0.15, 0.2) is 65.6 Å². The normalized spacial score (nSPS) is 15.8. The van der Waals surface area contributed by atoms with Gasteiger partial charge in [-0.3, -0.25) is 4.90 Å². The van der Waals surface area contributed by atoms with Gasteiger partial charge in [-0.25, -0.2) is 9.36 Å². The van der Waals surface area contributed by atoms with Crippen LogP contribution < -0.4 is 0 Å². The second kappa shape index (κ2) is 7.97. The number of nitrogens with zero attached hydrogens (tertiary/aromatic N) is 5. The van der Waals surface area contributed by atoms with E-state index < -0.39 is 0 Å². The lowest BCUT2D eigenvalue weighted by Crippen LogP contribution is -2.32. The molecular weight excluding hydrogens is 378 g/mol. The summed E-state index contributed by atoms with van der Waals surface area (Å²) >= 11 is 1.78. The van der Waals surface area contributed by atoms with E-state index in [1.165, 1.54) is 16.8 Å². The van der Waals surface area contributed by atoms with Crippen LogP contribution >= 0.6 is 11.3 Å². The Hall–Kier alpha value is -2.70. The smallest absolute Gasteiger partial charge is 0.157 e. The number of aromatic nitrogens is 4. The summed E-state index contributed by atoms with van der Waals surface area (Å²) in [6.45, 7) is 5.41. The van der Waals surface area contributed by atoms with Crippen LogP contribution in [0.25, 0.3) is 11.5 Å². The Labute approximate surface area is 175 Å².